The highest BCUT2D eigenvalue weighted by Gasteiger charge is 2.32. The molecule has 4 nitrogen and oxygen atoms in total. The van der Waals surface area contributed by atoms with E-state index in [0.29, 0.717) is 5.56 Å². The maximum atomic E-state index is 11.9. The number of hydrogen-bond acceptors (Lipinski definition) is 2. The van der Waals surface area contributed by atoms with Crippen molar-refractivity contribution in [2.75, 3.05) is 6.54 Å². The van der Waals surface area contributed by atoms with Crippen molar-refractivity contribution in [3.63, 3.8) is 0 Å². The summed E-state index contributed by atoms with van der Waals surface area (Å²) < 4.78 is 0. The minimum atomic E-state index is -0.242. The van der Waals surface area contributed by atoms with Crippen molar-refractivity contribution in [2.45, 2.75) is 39.0 Å². The number of pyridine rings is 1. The van der Waals surface area contributed by atoms with Crippen molar-refractivity contribution in [2.24, 2.45) is 5.41 Å². The zero-order valence-corrected chi connectivity index (χ0v) is 10.8. The van der Waals surface area contributed by atoms with Crippen LogP contribution in [-0.4, -0.2) is 17.4 Å². The van der Waals surface area contributed by atoms with E-state index < -0.39 is 0 Å². The molecule has 0 radical (unpaired) electrons. The Balaban J connectivity index is 1.98. The van der Waals surface area contributed by atoms with Crippen LogP contribution in [0.5, 0.6) is 0 Å². The van der Waals surface area contributed by atoms with Gasteiger partial charge in [0, 0.05) is 24.4 Å². The fourth-order valence-electron chi connectivity index (χ4n) is 2.74. The van der Waals surface area contributed by atoms with E-state index in [0.717, 1.165) is 13.0 Å². The second kappa shape index (κ2) is 5.38. The van der Waals surface area contributed by atoms with Crippen molar-refractivity contribution < 1.29 is 4.79 Å². The molecule has 1 aliphatic rings. The van der Waals surface area contributed by atoms with Crippen LogP contribution < -0.4 is 10.9 Å². The molecule has 0 unspecified atom stereocenters. The molecule has 1 amide bonds. The largest absolute Gasteiger partial charge is 0.351 e. The minimum absolute atomic E-state index is 0.152. The van der Waals surface area contributed by atoms with E-state index >= 15 is 0 Å². The van der Waals surface area contributed by atoms with Crippen LogP contribution in [0.3, 0.4) is 0 Å². The molecule has 0 aliphatic heterocycles. The minimum Gasteiger partial charge on any atom is -0.351 e. The third-order valence-electron chi connectivity index (χ3n) is 4.08. The number of aromatic nitrogens is 1. The first kappa shape index (κ1) is 12.9. The maximum Gasteiger partial charge on any atom is 0.251 e. The predicted octanol–water partition coefficient (Wildman–Crippen LogP) is 2.08. The summed E-state index contributed by atoms with van der Waals surface area (Å²) in [7, 11) is 0. The second-order valence-electron chi connectivity index (χ2n) is 5.18. The fraction of sp³-hybridized carbons (Fsp3) is 0.571. The van der Waals surface area contributed by atoms with Gasteiger partial charge in [0.05, 0.1) is 0 Å². The van der Waals surface area contributed by atoms with E-state index in [2.05, 4.69) is 17.2 Å². The molecular formula is C14H20N2O2. The molecule has 1 aliphatic carbocycles. The Morgan fingerprint density at radius 1 is 1.44 bits per heavy atom. The first-order valence-electron chi connectivity index (χ1n) is 6.62. The molecule has 2 N–H and O–H groups in total. The van der Waals surface area contributed by atoms with E-state index in [1.165, 1.54) is 37.9 Å². The molecule has 0 atom stereocenters. The molecule has 2 rings (SSSR count). The van der Waals surface area contributed by atoms with Crippen molar-refractivity contribution in [3.05, 3.63) is 34.2 Å². The Kier molecular flexibility index (Phi) is 3.84. The van der Waals surface area contributed by atoms with Gasteiger partial charge in [-0.1, -0.05) is 19.8 Å². The van der Waals surface area contributed by atoms with Crippen molar-refractivity contribution in [1.29, 1.82) is 0 Å². The summed E-state index contributed by atoms with van der Waals surface area (Å²) >= 11 is 0. The summed E-state index contributed by atoms with van der Waals surface area (Å²) in [5, 5.41) is 2.97. The summed E-state index contributed by atoms with van der Waals surface area (Å²) in [6, 6.07) is 2.96. The number of carbonyl (C=O) groups is 1. The van der Waals surface area contributed by atoms with Gasteiger partial charge < -0.3 is 10.3 Å². The smallest absolute Gasteiger partial charge is 0.251 e. The van der Waals surface area contributed by atoms with Crippen LogP contribution in [0.2, 0.25) is 0 Å². The van der Waals surface area contributed by atoms with E-state index in [9.17, 15) is 9.59 Å². The molecule has 1 aromatic rings. The molecule has 0 bridgehead atoms. The molecule has 18 heavy (non-hydrogen) atoms. The molecule has 0 spiro atoms. The first-order chi connectivity index (χ1) is 8.65. The monoisotopic (exact) mass is 248 g/mol. The van der Waals surface area contributed by atoms with Crippen molar-refractivity contribution in [1.82, 2.24) is 10.3 Å². The standard InChI is InChI=1S/C14H20N2O2/c1-2-14(6-3-4-7-14)10-16-13(18)11-5-8-15-12(17)9-11/h5,8-9H,2-4,6-7,10H2,1H3,(H,15,17)(H,16,18). The lowest BCUT2D eigenvalue weighted by molar-refractivity contribution is 0.0928. The van der Waals surface area contributed by atoms with Crippen LogP contribution in [0.15, 0.2) is 23.1 Å². The number of H-pyrrole nitrogens is 1. The summed E-state index contributed by atoms with van der Waals surface area (Å²) in [6.07, 6.45) is 7.51. The van der Waals surface area contributed by atoms with Gasteiger partial charge in [0.25, 0.3) is 5.91 Å². The fourth-order valence-corrected chi connectivity index (χ4v) is 2.74. The lowest BCUT2D eigenvalue weighted by Gasteiger charge is -2.27. The van der Waals surface area contributed by atoms with Gasteiger partial charge >= 0.3 is 0 Å². The summed E-state index contributed by atoms with van der Waals surface area (Å²) in [5.74, 6) is -0.152. The Labute approximate surface area is 107 Å². The van der Waals surface area contributed by atoms with Gasteiger partial charge in [-0.05, 0) is 30.7 Å². The molecular weight excluding hydrogens is 228 g/mol. The van der Waals surface area contributed by atoms with Crippen molar-refractivity contribution >= 4 is 5.91 Å². The zero-order valence-electron chi connectivity index (χ0n) is 10.8. The average Bonchev–Trinajstić information content (AvgIpc) is 2.85. The molecule has 0 aromatic carbocycles. The summed E-state index contributed by atoms with van der Waals surface area (Å²) in [5.41, 5.74) is 0.466. The van der Waals surface area contributed by atoms with Gasteiger partial charge in [0.15, 0.2) is 0 Å². The second-order valence-corrected chi connectivity index (χ2v) is 5.18. The highest BCUT2D eigenvalue weighted by atomic mass is 16.2. The van der Waals surface area contributed by atoms with Crippen LogP contribution >= 0.6 is 0 Å². The topological polar surface area (TPSA) is 62.0 Å². The molecule has 4 heteroatoms. The maximum absolute atomic E-state index is 11.9. The van der Waals surface area contributed by atoms with E-state index in [1.807, 2.05) is 0 Å². The number of aromatic amines is 1. The summed E-state index contributed by atoms with van der Waals surface area (Å²) in [4.78, 5) is 25.6. The lowest BCUT2D eigenvalue weighted by Crippen LogP contribution is -2.35. The molecule has 0 saturated heterocycles. The third kappa shape index (κ3) is 2.81. The van der Waals surface area contributed by atoms with E-state index in [1.54, 1.807) is 6.07 Å². The Morgan fingerprint density at radius 3 is 2.78 bits per heavy atom. The van der Waals surface area contributed by atoms with Crippen LogP contribution in [0.1, 0.15) is 49.4 Å². The van der Waals surface area contributed by atoms with Gasteiger partial charge in [-0.25, -0.2) is 0 Å². The Morgan fingerprint density at radius 2 is 2.17 bits per heavy atom. The van der Waals surface area contributed by atoms with Crippen LogP contribution in [-0.2, 0) is 0 Å². The van der Waals surface area contributed by atoms with Crippen LogP contribution in [0, 0.1) is 5.41 Å². The SMILES string of the molecule is CCC1(CNC(=O)c2cc[nH]c(=O)c2)CCCC1. The zero-order chi connectivity index (χ0) is 13.0. The third-order valence-corrected chi connectivity index (χ3v) is 4.08. The molecule has 98 valence electrons. The average molecular weight is 248 g/mol. The van der Waals surface area contributed by atoms with Crippen molar-refractivity contribution in [3.8, 4) is 0 Å². The van der Waals surface area contributed by atoms with E-state index in [-0.39, 0.29) is 16.9 Å². The van der Waals surface area contributed by atoms with Crippen LogP contribution in [0.4, 0.5) is 0 Å². The van der Waals surface area contributed by atoms with Crippen LogP contribution in [0.25, 0.3) is 0 Å². The normalized spacial score (nSPS) is 17.6. The molecule has 1 fully saturated rings. The Hall–Kier alpha value is -1.58. The van der Waals surface area contributed by atoms with Gasteiger partial charge in [-0.3, -0.25) is 9.59 Å². The highest BCUT2D eigenvalue weighted by molar-refractivity contribution is 5.93. The van der Waals surface area contributed by atoms with Gasteiger partial charge in [0.2, 0.25) is 5.56 Å². The predicted molar refractivity (Wildman–Crippen MR) is 70.6 cm³/mol. The molecule has 1 aromatic heterocycles. The van der Waals surface area contributed by atoms with Gasteiger partial charge in [0.1, 0.15) is 0 Å². The molecule has 1 saturated carbocycles. The first-order valence-corrected chi connectivity index (χ1v) is 6.62. The van der Waals surface area contributed by atoms with E-state index in [4.69, 9.17) is 0 Å². The Bertz CT molecular complexity index is 473. The lowest BCUT2D eigenvalue weighted by atomic mass is 9.83. The quantitative estimate of drug-likeness (QED) is 0.857. The number of nitrogens with one attached hydrogen (secondary N) is 2. The number of hydrogen-bond donors (Lipinski definition) is 2. The number of rotatable bonds is 4. The number of carbonyl (C=O) groups excluding carboxylic acids is 1. The van der Waals surface area contributed by atoms with Gasteiger partial charge in [-0.15, -0.1) is 0 Å². The highest BCUT2D eigenvalue weighted by Crippen LogP contribution is 2.40. The molecule has 1 heterocycles. The number of amides is 1. The summed E-state index contributed by atoms with van der Waals surface area (Å²) in [6.45, 7) is 2.90. The van der Waals surface area contributed by atoms with Gasteiger partial charge in [-0.2, -0.15) is 0 Å².